The molecular formula is C27H32F5N5O3Si. The lowest BCUT2D eigenvalue weighted by Crippen LogP contribution is -2.33. The number of β-amino-alcohol motifs (C(OH)–C–C–N with tert-alkyl or cyclic N) is 1. The summed E-state index contributed by atoms with van der Waals surface area (Å²) in [5.74, 6) is -5.12. The number of carbonyl (C=O) groups excluding carboxylic acids is 1. The summed E-state index contributed by atoms with van der Waals surface area (Å²) in [5.41, 5.74) is 0.129. The molecule has 1 amide bonds. The first-order valence-corrected chi connectivity index (χ1v) is 16.8. The van der Waals surface area contributed by atoms with Gasteiger partial charge in [-0.3, -0.25) is 4.79 Å². The van der Waals surface area contributed by atoms with Crippen molar-refractivity contribution in [3.63, 3.8) is 0 Å². The van der Waals surface area contributed by atoms with Crippen LogP contribution in [0.5, 0.6) is 0 Å². The Morgan fingerprint density at radius 3 is 2.46 bits per heavy atom. The molecule has 0 radical (unpaired) electrons. The fourth-order valence-electron chi connectivity index (χ4n) is 4.28. The summed E-state index contributed by atoms with van der Waals surface area (Å²) in [4.78, 5) is 19.5. The van der Waals surface area contributed by atoms with E-state index in [-0.39, 0.29) is 18.0 Å². The molecule has 1 aromatic carbocycles. The molecule has 41 heavy (non-hydrogen) atoms. The van der Waals surface area contributed by atoms with E-state index in [0.717, 1.165) is 18.2 Å². The number of anilines is 2. The number of hydrogen-bond donors (Lipinski definition) is 2. The average molecular weight is 598 g/mol. The number of aliphatic hydroxyl groups excluding tert-OH is 1. The highest BCUT2D eigenvalue weighted by atomic mass is 28.3. The fraction of sp³-hybridized carbons (Fsp3) is 0.444. The van der Waals surface area contributed by atoms with Gasteiger partial charge < -0.3 is 20.1 Å². The van der Waals surface area contributed by atoms with E-state index in [2.05, 4.69) is 35.0 Å². The number of aliphatic hydroxyl groups is 1. The van der Waals surface area contributed by atoms with Gasteiger partial charge in [-0.1, -0.05) is 31.8 Å². The lowest BCUT2D eigenvalue weighted by molar-refractivity contribution is -0.289. The van der Waals surface area contributed by atoms with E-state index in [1.54, 1.807) is 23.0 Å². The predicted molar refractivity (Wildman–Crippen MR) is 147 cm³/mol. The zero-order chi connectivity index (χ0) is 30.0. The number of benzene rings is 1. The van der Waals surface area contributed by atoms with Crippen molar-refractivity contribution >= 4 is 25.5 Å². The standard InChI is InChI=1S/C27H32F5N5O3Si/c1-41(2,3)13-12-40-17-37-23(8-10-34-37)22-14-18(15-33-24(22)36-11-9-21(38)16-36)25(39)35-20-6-4-19(5-7-20)26(28,29)27(30,31)32/h4-8,10,14-15,21,38H,9,11-13,16-17H2,1-3H3,(H,35,39)/t21-/m1/s1. The second-order valence-electron chi connectivity index (χ2n) is 11.2. The smallest absolute Gasteiger partial charge is 0.391 e. The van der Waals surface area contributed by atoms with Crippen molar-refractivity contribution in [2.75, 3.05) is 29.9 Å². The van der Waals surface area contributed by atoms with Crippen LogP contribution in [0.4, 0.5) is 33.5 Å². The first kappa shape index (κ1) is 30.6. The summed E-state index contributed by atoms with van der Waals surface area (Å²) >= 11 is 0. The Labute approximate surface area is 235 Å². The molecule has 1 aliphatic rings. The molecule has 8 nitrogen and oxygen atoms in total. The van der Waals surface area contributed by atoms with Gasteiger partial charge in [-0.2, -0.15) is 27.1 Å². The number of alkyl halides is 5. The quantitative estimate of drug-likeness (QED) is 0.176. The highest BCUT2D eigenvalue weighted by Gasteiger charge is 2.58. The molecule has 0 aliphatic carbocycles. The minimum Gasteiger partial charge on any atom is -0.391 e. The molecule has 0 unspecified atom stereocenters. The molecule has 0 spiro atoms. The number of pyridine rings is 1. The van der Waals surface area contributed by atoms with E-state index < -0.39 is 37.7 Å². The van der Waals surface area contributed by atoms with Gasteiger partial charge >= 0.3 is 12.1 Å². The van der Waals surface area contributed by atoms with Crippen LogP contribution in [-0.4, -0.2) is 65.8 Å². The van der Waals surface area contributed by atoms with Crippen molar-refractivity contribution in [2.24, 2.45) is 0 Å². The summed E-state index contributed by atoms with van der Waals surface area (Å²) < 4.78 is 72.8. The van der Waals surface area contributed by atoms with Gasteiger partial charge in [0, 0.05) is 57.0 Å². The van der Waals surface area contributed by atoms with Gasteiger partial charge in [0.05, 0.1) is 17.4 Å². The van der Waals surface area contributed by atoms with Gasteiger partial charge in [0.15, 0.2) is 0 Å². The Morgan fingerprint density at radius 2 is 1.85 bits per heavy atom. The van der Waals surface area contributed by atoms with E-state index in [1.165, 1.54) is 6.20 Å². The number of aromatic nitrogens is 3. The van der Waals surface area contributed by atoms with E-state index >= 15 is 0 Å². The molecular weight excluding hydrogens is 565 g/mol. The lowest BCUT2D eigenvalue weighted by Gasteiger charge is -2.22. The molecule has 1 fully saturated rings. The Bertz CT molecular complexity index is 1360. The van der Waals surface area contributed by atoms with Crippen molar-refractivity contribution < 1.29 is 36.6 Å². The maximum Gasteiger partial charge on any atom is 0.458 e. The normalized spacial score (nSPS) is 16.3. The molecule has 1 saturated heterocycles. The topological polar surface area (TPSA) is 92.5 Å². The maximum atomic E-state index is 13.6. The summed E-state index contributed by atoms with van der Waals surface area (Å²) in [7, 11) is -1.29. The van der Waals surface area contributed by atoms with E-state index in [9.17, 15) is 31.9 Å². The van der Waals surface area contributed by atoms with Gasteiger partial charge in [0.25, 0.3) is 5.91 Å². The molecule has 14 heteroatoms. The van der Waals surface area contributed by atoms with Crippen molar-refractivity contribution in [3.8, 4) is 11.3 Å². The summed E-state index contributed by atoms with van der Waals surface area (Å²) in [5, 5.41) is 17.0. The molecule has 2 N–H and O–H groups in total. The molecule has 3 aromatic rings. The maximum absolute atomic E-state index is 13.6. The van der Waals surface area contributed by atoms with Crippen molar-refractivity contribution in [2.45, 2.75) is 57.0 Å². The molecule has 0 bridgehead atoms. The zero-order valence-corrected chi connectivity index (χ0v) is 23.9. The van der Waals surface area contributed by atoms with Crippen LogP contribution >= 0.6 is 0 Å². The lowest BCUT2D eigenvalue weighted by atomic mass is 10.1. The predicted octanol–water partition coefficient (Wildman–Crippen LogP) is 5.73. The minimum atomic E-state index is -5.74. The molecule has 2 aromatic heterocycles. The molecule has 1 atom stereocenters. The highest BCUT2D eigenvalue weighted by Crippen LogP contribution is 2.44. The second-order valence-corrected chi connectivity index (χ2v) is 16.8. The minimum absolute atomic E-state index is 0.0332. The van der Waals surface area contributed by atoms with Crippen molar-refractivity contribution in [1.29, 1.82) is 0 Å². The van der Waals surface area contributed by atoms with Crippen LogP contribution in [0.15, 0.2) is 48.8 Å². The van der Waals surface area contributed by atoms with Gasteiger partial charge in [0.1, 0.15) is 12.5 Å². The molecule has 1 aliphatic heterocycles. The Morgan fingerprint density at radius 1 is 1.15 bits per heavy atom. The summed E-state index contributed by atoms with van der Waals surface area (Å²) in [6.07, 6.45) is -2.75. The van der Waals surface area contributed by atoms with Crippen molar-refractivity contribution in [3.05, 3.63) is 59.9 Å². The van der Waals surface area contributed by atoms with Gasteiger partial charge in [0.2, 0.25) is 0 Å². The fourth-order valence-corrected chi connectivity index (χ4v) is 5.04. The highest BCUT2D eigenvalue weighted by molar-refractivity contribution is 6.76. The van der Waals surface area contributed by atoms with Gasteiger partial charge in [-0.25, -0.2) is 9.67 Å². The Kier molecular flexibility index (Phi) is 8.85. The first-order chi connectivity index (χ1) is 19.2. The van der Waals surface area contributed by atoms with Gasteiger partial charge in [-0.05, 0) is 36.7 Å². The van der Waals surface area contributed by atoms with Crippen molar-refractivity contribution in [1.82, 2.24) is 14.8 Å². The monoisotopic (exact) mass is 597 g/mol. The van der Waals surface area contributed by atoms with E-state index in [0.29, 0.717) is 55.3 Å². The third kappa shape index (κ3) is 7.29. The van der Waals surface area contributed by atoms with E-state index in [1.807, 2.05) is 4.90 Å². The summed E-state index contributed by atoms with van der Waals surface area (Å²) in [6.45, 7) is 8.43. The van der Waals surface area contributed by atoms with Crippen LogP contribution in [0, 0.1) is 0 Å². The van der Waals surface area contributed by atoms with Crippen LogP contribution < -0.4 is 10.2 Å². The second kappa shape index (κ2) is 11.9. The van der Waals surface area contributed by atoms with Gasteiger partial charge in [-0.15, -0.1) is 0 Å². The summed E-state index contributed by atoms with van der Waals surface area (Å²) in [6, 6.07) is 7.54. The third-order valence-electron chi connectivity index (χ3n) is 6.66. The SMILES string of the molecule is C[Si](C)(C)CCOCn1nccc1-c1cc(C(=O)Nc2ccc(C(F)(F)C(F)(F)F)cc2)cnc1N1CC[C@@H](O)C1. The Hall–Kier alpha value is -3.36. The molecule has 3 heterocycles. The molecule has 222 valence electrons. The zero-order valence-electron chi connectivity index (χ0n) is 22.9. The number of carbonyl (C=O) groups is 1. The van der Waals surface area contributed by atoms with Crippen LogP contribution in [-0.2, 0) is 17.4 Å². The largest absolute Gasteiger partial charge is 0.458 e. The third-order valence-corrected chi connectivity index (χ3v) is 8.36. The Balaban J connectivity index is 1.58. The van der Waals surface area contributed by atoms with Crippen LogP contribution in [0.3, 0.4) is 0 Å². The molecule has 4 rings (SSSR count). The van der Waals surface area contributed by atoms with Crippen LogP contribution in [0.1, 0.15) is 22.3 Å². The van der Waals surface area contributed by atoms with Crippen LogP contribution in [0.25, 0.3) is 11.3 Å². The number of halogens is 5. The number of hydrogen-bond acceptors (Lipinski definition) is 6. The number of rotatable bonds is 10. The number of nitrogens with zero attached hydrogens (tertiary/aromatic N) is 4. The van der Waals surface area contributed by atoms with E-state index in [4.69, 9.17) is 4.74 Å². The first-order valence-electron chi connectivity index (χ1n) is 13.0. The number of nitrogens with one attached hydrogen (secondary N) is 1. The van der Waals surface area contributed by atoms with Crippen LogP contribution in [0.2, 0.25) is 25.7 Å². The number of amides is 1. The average Bonchev–Trinajstić information content (AvgIpc) is 3.54. The number of ether oxygens (including phenoxy) is 1. The molecule has 0 saturated carbocycles.